The maximum atomic E-state index is 11.0. The normalized spacial score (nSPS) is 10.5. The molecule has 0 atom stereocenters. The molecular formula is C9H6Br2N4O2. The Kier molecular flexibility index (Phi) is 3.53. The molecule has 2 rings (SSSR count). The summed E-state index contributed by atoms with van der Waals surface area (Å²) in [7, 11) is 0. The Labute approximate surface area is 113 Å². The standard InChI is InChI=1S/C9H6Br2N4O2/c10-7-2-1-5(9(16)17)8(11)6(7)3-15-13-4-12-14-15/h1-2,4H,3H2,(H,16,17). The molecule has 8 heteroatoms. The quantitative estimate of drug-likeness (QED) is 0.903. The molecule has 1 heterocycles. The smallest absolute Gasteiger partial charge is 0.336 e. The predicted octanol–water partition coefficient (Wildman–Crippen LogP) is 1.94. The topological polar surface area (TPSA) is 80.9 Å². The molecular weight excluding hydrogens is 356 g/mol. The van der Waals surface area contributed by atoms with Gasteiger partial charge in [0.25, 0.3) is 0 Å². The summed E-state index contributed by atoms with van der Waals surface area (Å²) in [6, 6.07) is 3.20. The van der Waals surface area contributed by atoms with E-state index in [1.54, 1.807) is 6.07 Å². The lowest BCUT2D eigenvalue weighted by atomic mass is 10.1. The third-order valence-corrected chi connectivity index (χ3v) is 3.76. The van der Waals surface area contributed by atoms with Gasteiger partial charge in [0.1, 0.15) is 0 Å². The minimum atomic E-state index is -0.989. The summed E-state index contributed by atoms with van der Waals surface area (Å²) in [6.45, 7) is 0.336. The van der Waals surface area contributed by atoms with Gasteiger partial charge in [-0.2, -0.15) is 4.80 Å². The molecule has 6 nitrogen and oxygen atoms in total. The second-order valence-electron chi connectivity index (χ2n) is 3.16. The molecule has 0 radical (unpaired) electrons. The van der Waals surface area contributed by atoms with Gasteiger partial charge in [-0.05, 0) is 33.3 Å². The summed E-state index contributed by atoms with van der Waals surface area (Å²) in [4.78, 5) is 12.4. The van der Waals surface area contributed by atoms with Crippen molar-refractivity contribution in [3.05, 3.63) is 38.5 Å². The molecule has 0 bridgehead atoms. The van der Waals surface area contributed by atoms with Crippen molar-refractivity contribution in [2.75, 3.05) is 0 Å². The average molecular weight is 362 g/mol. The van der Waals surface area contributed by atoms with Gasteiger partial charge in [-0.1, -0.05) is 15.9 Å². The molecule has 0 unspecified atom stereocenters. The first-order valence-corrected chi connectivity index (χ1v) is 6.09. The van der Waals surface area contributed by atoms with Gasteiger partial charge < -0.3 is 5.11 Å². The molecule has 0 aliphatic rings. The Morgan fingerprint density at radius 2 is 2.18 bits per heavy atom. The highest BCUT2D eigenvalue weighted by atomic mass is 79.9. The van der Waals surface area contributed by atoms with E-state index in [-0.39, 0.29) is 5.56 Å². The summed E-state index contributed by atoms with van der Waals surface area (Å²) in [5.41, 5.74) is 0.950. The lowest BCUT2D eigenvalue weighted by molar-refractivity contribution is 0.0695. The van der Waals surface area contributed by atoms with Crippen LogP contribution in [0.5, 0.6) is 0 Å². The monoisotopic (exact) mass is 360 g/mol. The van der Waals surface area contributed by atoms with Crippen LogP contribution in [0.3, 0.4) is 0 Å². The molecule has 0 spiro atoms. The first kappa shape index (κ1) is 12.2. The average Bonchev–Trinajstić information content (AvgIpc) is 2.76. The molecule has 2 aromatic rings. The number of carboxylic acids is 1. The van der Waals surface area contributed by atoms with Crippen molar-refractivity contribution in [1.29, 1.82) is 0 Å². The molecule has 1 aromatic heterocycles. The Morgan fingerprint density at radius 3 is 2.76 bits per heavy atom. The van der Waals surface area contributed by atoms with Crippen molar-refractivity contribution in [1.82, 2.24) is 20.2 Å². The minimum Gasteiger partial charge on any atom is -0.478 e. The minimum absolute atomic E-state index is 0.198. The molecule has 0 saturated heterocycles. The fourth-order valence-corrected chi connectivity index (χ4v) is 2.67. The number of hydrogen-bond acceptors (Lipinski definition) is 4. The van der Waals surface area contributed by atoms with Crippen LogP contribution in [-0.4, -0.2) is 31.3 Å². The van der Waals surface area contributed by atoms with Crippen molar-refractivity contribution in [2.24, 2.45) is 0 Å². The highest BCUT2D eigenvalue weighted by Gasteiger charge is 2.15. The van der Waals surface area contributed by atoms with Crippen LogP contribution in [0.4, 0.5) is 0 Å². The lowest BCUT2D eigenvalue weighted by Gasteiger charge is -2.08. The SMILES string of the molecule is O=C(O)c1ccc(Br)c(Cn2ncnn2)c1Br. The van der Waals surface area contributed by atoms with Crippen LogP contribution in [0.25, 0.3) is 0 Å². The van der Waals surface area contributed by atoms with Crippen LogP contribution in [0, 0.1) is 0 Å². The number of benzene rings is 1. The summed E-state index contributed by atoms with van der Waals surface area (Å²) < 4.78 is 1.29. The van der Waals surface area contributed by atoms with Gasteiger partial charge in [0.2, 0.25) is 0 Å². The van der Waals surface area contributed by atoms with Gasteiger partial charge in [-0.25, -0.2) is 4.79 Å². The fourth-order valence-electron chi connectivity index (χ4n) is 1.31. The van der Waals surface area contributed by atoms with Crippen molar-refractivity contribution < 1.29 is 9.90 Å². The molecule has 1 N–H and O–H groups in total. The summed E-state index contributed by atoms with van der Waals surface area (Å²) in [5, 5.41) is 20.2. The third-order valence-electron chi connectivity index (χ3n) is 2.11. The fraction of sp³-hybridized carbons (Fsp3) is 0.111. The van der Waals surface area contributed by atoms with E-state index in [1.807, 2.05) is 0 Å². The van der Waals surface area contributed by atoms with E-state index in [1.165, 1.54) is 17.2 Å². The van der Waals surface area contributed by atoms with E-state index >= 15 is 0 Å². The van der Waals surface area contributed by atoms with Gasteiger partial charge in [-0.3, -0.25) is 0 Å². The van der Waals surface area contributed by atoms with Crippen LogP contribution < -0.4 is 0 Å². The maximum absolute atomic E-state index is 11.0. The Hall–Kier alpha value is -1.28. The van der Waals surface area contributed by atoms with Gasteiger partial charge in [0.05, 0.1) is 12.1 Å². The summed E-state index contributed by atoms with van der Waals surface area (Å²) >= 11 is 6.64. The van der Waals surface area contributed by atoms with Crippen LogP contribution in [0.1, 0.15) is 15.9 Å². The van der Waals surface area contributed by atoms with Crippen LogP contribution in [-0.2, 0) is 6.54 Å². The number of carbonyl (C=O) groups is 1. The van der Waals surface area contributed by atoms with Gasteiger partial charge in [0, 0.05) is 14.5 Å². The zero-order chi connectivity index (χ0) is 12.4. The molecule has 0 amide bonds. The van der Waals surface area contributed by atoms with E-state index in [9.17, 15) is 4.79 Å². The van der Waals surface area contributed by atoms with E-state index in [0.717, 1.165) is 10.0 Å². The Bertz CT molecular complexity index is 556. The Balaban J connectivity index is 2.45. The number of halogens is 2. The van der Waals surface area contributed by atoms with Crippen molar-refractivity contribution >= 4 is 37.8 Å². The van der Waals surface area contributed by atoms with Gasteiger partial charge in [-0.15, -0.1) is 10.2 Å². The lowest BCUT2D eigenvalue weighted by Crippen LogP contribution is -2.08. The molecule has 0 aliphatic heterocycles. The van der Waals surface area contributed by atoms with E-state index in [0.29, 0.717) is 11.0 Å². The number of rotatable bonds is 3. The maximum Gasteiger partial charge on any atom is 0.336 e. The van der Waals surface area contributed by atoms with Gasteiger partial charge >= 0.3 is 5.97 Å². The van der Waals surface area contributed by atoms with Crippen LogP contribution in [0.2, 0.25) is 0 Å². The first-order valence-electron chi connectivity index (χ1n) is 4.50. The molecule has 88 valence electrons. The van der Waals surface area contributed by atoms with Crippen molar-refractivity contribution in [3.8, 4) is 0 Å². The molecule has 0 aliphatic carbocycles. The van der Waals surface area contributed by atoms with Crippen molar-refractivity contribution in [2.45, 2.75) is 6.54 Å². The molecule has 17 heavy (non-hydrogen) atoms. The number of hydrogen-bond donors (Lipinski definition) is 1. The Morgan fingerprint density at radius 1 is 1.41 bits per heavy atom. The molecule has 0 fully saturated rings. The summed E-state index contributed by atoms with van der Waals surface area (Å²) in [6.07, 6.45) is 1.32. The molecule has 1 aromatic carbocycles. The van der Waals surface area contributed by atoms with E-state index in [2.05, 4.69) is 47.3 Å². The second kappa shape index (κ2) is 4.92. The highest BCUT2D eigenvalue weighted by Crippen LogP contribution is 2.29. The largest absolute Gasteiger partial charge is 0.478 e. The zero-order valence-corrected chi connectivity index (χ0v) is 11.5. The van der Waals surface area contributed by atoms with E-state index in [4.69, 9.17) is 5.11 Å². The number of carboxylic acid groups (broad SMARTS) is 1. The number of aromatic carboxylic acids is 1. The third kappa shape index (κ3) is 2.52. The van der Waals surface area contributed by atoms with Crippen molar-refractivity contribution in [3.63, 3.8) is 0 Å². The number of tetrazole rings is 1. The van der Waals surface area contributed by atoms with Gasteiger partial charge in [0.15, 0.2) is 6.33 Å². The van der Waals surface area contributed by atoms with Crippen LogP contribution >= 0.6 is 31.9 Å². The number of aromatic nitrogens is 4. The van der Waals surface area contributed by atoms with E-state index < -0.39 is 5.97 Å². The summed E-state index contributed by atoms with van der Waals surface area (Å²) in [5.74, 6) is -0.989. The van der Waals surface area contributed by atoms with Crippen LogP contribution in [0.15, 0.2) is 27.4 Å². The number of nitrogens with zero attached hydrogens (tertiary/aromatic N) is 4. The molecule has 0 saturated carbocycles. The first-order chi connectivity index (χ1) is 8.09. The highest BCUT2D eigenvalue weighted by molar-refractivity contribution is 9.11. The second-order valence-corrected chi connectivity index (χ2v) is 4.81. The zero-order valence-electron chi connectivity index (χ0n) is 8.34. The predicted molar refractivity (Wildman–Crippen MR) is 65.7 cm³/mol.